The predicted octanol–water partition coefficient (Wildman–Crippen LogP) is 2.62. The van der Waals surface area contributed by atoms with E-state index in [1.807, 2.05) is 0 Å². The van der Waals surface area contributed by atoms with Gasteiger partial charge in [-0.2, -0.15) is 0 Å². The summed E-state index contributed by atoms with van der Waals surface area (Å²) in [4.78, 5) is 40.4. The summed E-state index contributed by atoms with van der Waals surface area (Å²) in [5.41, 5.74) is 0. The summed E-state index contributed by atoms with van der Waals surface area (Å²) in [5.74, 6) is -5.21. The van der Waals surface area contributed by atoms with Gasteiger partial charge < -0.3 is 20.4 Å². The van der Waals surface area contributed by atoms with Crippen LogP contribution in [0.3, 0.4) is 0 Å². The lowest BCUT2D eigenvalue weighted by molar-refractivity contribution is -0.146. The maximum Gasteiger partial charge on any atom is 0.310 e. The van der Waals surface area contributed by atoms with Crippen LogP contribution in [0.25, 0.3) is 0 Å². The molecule has 0 bridgehead atoms. The minimum atomic E-state index is -1.08. The molecular weight excluding hydrogens is 320 g/mol. The van der Waals surface area contributed by atoms with Crippen molar-refractivity contribution in [2.45, 2.75) is 58.3 Å². The summed E-state index contributed by atoms with van der Waals surface area (Å²) in [5, 5.41) is 33.1. The zero-order valence-corrected chi connectivity index (χ0v) is 13.8. The van der Waals surface area contributed by atoms with E-state index in [1.165, 1.54) is 18.9 Å². The van der Waals surface area contributed by atoms with Crippen molar-refractivity contribution in [2.24, 2.45) is 5.92 Å². The second-order valence-corrected chi connectivity index (χ2v) is 5.11. The zero-order valence-electron chi connectivity index (χ0n) is 13.8. The molecule has 0 aliphatic carbocycles. The van der Waals surface area contributed by atoms with Crippen LogP contribution in [0, 0.1) is 5.92 Å². The van der Waals surface area contributed by atoms with Crippen LogP contribution in [0.15, 0.2) is 12.2 Å². The second kappa shape index (κ2) is 15.5. The predicted molar refractivity (Wildman–Crippen MR) is 85.8 cm³/mol. The summed E-state index contributed by atoms with van der Waals surface area (Å²) in [7, 11) is 0. The molecule has 0 saturated heterocycles. The number of carboxylic acids is 4. The first kappa shape index (κ1) is 23.9. The number of hydrogen-bond acceptors (Lipinski definition) is 4. The van der Waals surface area contributed by atoms with E-state index in [-0.39, 0.29) is 19.3 Å². The van der Waals surface area contributed by atoms with Crippen LogP contribution in [-0.2, 0) is 19.2 Å². The van der Waals surface area contributed by atoms with Crippen molar-refractivity contribution in [3.63, 3.8) is 0 Å². The molecule has 0 aliphatic rings. The van der Waals surface area contributed by atoms with Gasteiger partial charge in [0.05, 0.1) is 25.2 Å². The standard InChI is InChI=1S/C12H20O4.C4H6O4/c1-2-3-4-5-6-7-8-10(12(15)16)9-11(13)14;5-3(6)1-2-4(7)8/h7-8,10H,2-6,9H2,1H3,(H,13,14)(H,15,16);1-2H2,(H,5,6)(H,7,8). The first-order valence-electron chi connectivity index (χ1n) is 7.75. The fraction of sp³-hybridized carbons (Fsp3) is 0.625. The Kier molecular flexibility index (Phi) is 15.4. The molecule has 0 saturated carbocycles. The van der Waals surface area contributed by atoms with Gasteiger partial charge in [0, 0.05) is 0 Å². The average Bonchev–Trinajstić information content (AvgIpc) is 2.47. The van der Waals surface area contributed by atoms with Crippen LogP contribution in [0.1, 0.15) is 58.3 Å². The highest BCUT2D eigenvalue weighted by Gasteiger charge is 2.17. The summed E-state index contributed by atoms with van der Waals surface area (Å²) >= 11 is 0. The Morgan fingerprint density at radius 1 is 0.833 bits per heavy atom. The quantitative estimate of drug-likeness (QED) is 0.311. The largest absolute Gasteiger partial charge is 0.481 e. The number of carbonyl (C=O) groups is 4. The molecule has 0 rings (SSSR count). The van der Waals surface area contributed by atoms with E-state index in [2.05, 4.69) is 6.92 Å². The number of hydrogen-bond donors (Lipinski definition) is 4. The van der Waals surface area contributed by atoms with Crippen molar-refractivity contribution in [3.8, 4) is 0 Å². The molecule has 0 fully saturated rings. The summed E-state index contributed by atoms with van der Waals surface area (Å²) in [6.07, 6.45) is 7.67. The Hall–Kier alpha value is -2.38. The van der Waals surface area contributed by atoms with E-state index >= 15 is 0 Å². The lowest BCUT2D eigenvalue weighted by Crippen LogP contribution is -2.15. The fourth-order valence-corrected chi connectivity index (χ4v) is 1.59. The van der Waals surface area contributed by atoms with Crippen LogP contribution in [0.4, 0.5) is 0 Å². The summed E-state index contributed by atoms with van der Waals surface area (Å²) in [6.45, 7) is 2.13. The molecule has 24 heavy (non-hydrogen) atoms. The third-order valence-corrected chi connectivity index (χ3v) is 2.86. The van der Waals surface area contributed by atoms with E-state index < -0.39 is 29.8 Å². The van der Waals surface area contributed by atoms with Crippen molar-refractivity contribution in [2.75, 3.05) is 0 Å². The van der Waals surface area contributed by atoms with Crippen LogP contribution in [0.5, 0.6) is 0 Å². The van der Waals surface area contributed by atoms with Crippen molar-refractivity contribution in [1.82, 2.24) is 0 Å². The summed E-state index contributed by atoms with van der Waals surface area (Å²) in [6, 6.07) is 0. The monoisotopic (exact) mass is 346 g/mol. The van der Waals surface area contributed by atoms with Gasteiger partial charge in [0.1, 0.15) is 0 Å². The highest BCUT2D eigenvalue weighted by atomic mass is 16.4. The van der Waals surface area contributed by atoms with Gasteiger partial charge in [-0.3, -0.25) is 19.2 Å². The van der Waals surface area contributed by atoms with E-state index in [0.29, 0.717) is 0 Å². The molecule has 8 nitrogen and oxygen atoms in total. The van der Waals surface area contributed by atoms with Gasteiger partial charge in [-0.25, -0.2) is 0 Å². The smallest absolute Gasteiger partial charge is 0.310 e. The van der Waals surface area contributed by atoms with Crippen molar-refractivity contribution in [3.05, 3.63) is 12.2 Å². The van der Waals surface area contributed by atoms with Crippen molar-refractivity contribution in [1.29, 1.82) is 0 Å². The van der Waals surface area contributed by atoms with Crippen molar-refractivity contribution >= 4 is 23.9 Å². The molecule has 0 amide bonds. The second-order valence-electron chi connectivity index (χ2n) is 5.11. The van der Waals surface area contributed by atoms with Crippen LogP contribution in [-0.4, -0.2) is 44.3 Å². The molecule has 138 valence electrons. The maximum absolute atomic E-state index is 10.7. The average molecular weight is 346 g/mol. The van der Waals surface area contributed by atoms with E-state index in [4.69, 9.17) is 20.4 Å². The molecule has 0 aromatic rings. The van der Waals surface area contributed by atoms with Gasteiger partial charge in [-0.05, 0) is 12.8 Å². The first-order chi connectivity index (χ1) is 11.2. The molecule has 1 unspecified atom stereocenters. The molecule has 8 heteroatoms. The first-order valence-corrected chi connectivity index (χ1v) is 7.75. The SMILES string of the molecule is CCCCCCC=CC(CC(=O)O)C(=O)O.O=C(O)CCC(=O)O. The van der Waals surface area contributed by atoms with Gasteiger partial charge in [-0.1, -0.05) is 38.3 Å². The molecule has 1 atom stereocenters. The number of unbranched alkanes of at least 4 members (excludes halogenated alkanes) is 4. The number of allylic oxidation sites excluding steroid dienone is 1. The number of rotatable bonds is 12. The Labute approximate surface area is 140 Å². The third-order valence-electron chi connectivity index (χ3n) is 2.86. The van der Waals surface area contributed by atoms with Gasteiger partial charge in [0.25, 0.3) is 0 Å². The molecule has 0 aliphatic heterocycles. The highest BCUT2D eigenvalue weighted by molar-refractivity contribution is 5.79. The van der Waals surface area contributed by atoms with E-state index in [1.54, 1.807) is 6.08 Å². The molecule has 0 heterocycles. The minimum Gasteiger partial charge on any atom is -0.481 e. The number of aliphatic carboxylic acids is 4. The lowest BCUT2D eigenvalue weighted by atomic mass is 10.0. The fourth-order valence-electron chi connectivity index (χ4n) is 1.59. The Bertz CT molecular complexity index is 414. The molecule has 0 spiro atoms. The molecular formula is C16H26O8. The molecule has 0 aromatic carbocycles. The normalized spacial score (nSPS) is 11.4. The Morgan fingerprint density at radius 2 is 1.38 bits per heavy atom. The lowest BCUT2D eigenvalue weighted by Gasteiger charge is -2.03. The van der Waals surface area contributed by atoms with E-state index in [9.17, 15) is 19.2 Å². The van der Waals surface area contributed by atoms with Gasteiger partial charge in [0.2, 0.25) is 0 Å². The van der Waals surface area contributed by atoms with Crippen LogP contribution < -0.4 is 0 Å². The van der Waals surface area contributed by atoms with Crippen LogP contribution >= 0.6 is 0 Å². The summed E-state index contributed by atoms with van der Waals surface area (Å²) < 4.78 is 0. The topological polar surface area (TPSA) is 149 Å². The third kappa shape index (κ3) is 19.6. The molecule has 0 aromatic heterocycles. The highest BCUT2D eigenvalue weighted by Crippen LogP contribution is 2.08. The van der Waals surface area contributed by atoms with Crippen LogP contribution in [0.2, 0.25) is 0 Å². The van der Waals surface area contributed by atoms with E-state index in [0.717, 1.165) is 19.3 Å². The Morgan fingerprint density at radius 3 is 1.75 bits per heavy atom. The number of carboxylic acid groups (broad SMARTS) is 4. The van der Waals surface area contributed by atoms with Crippen molar-refractivity contribution < 1.29 is 39.6 Å². The van der Waals surface area contributed by atoms with Gasteiger partial charge >= 0.3 is 23.9 Å². The van der Waals surface area contributed by atoms with Gasteiger partial charge in [-0.15, -0.1) is 0 Å². The van der Waals surface area contributed by atoms with Gasteiger partial charge in [0.15, 0.2) is 0 Å². The zero-order chi connectivity index (χ0) is 19.0. The Balaban J connectivity index is 0. The molecule has 0 radical (unpaired) electrons. The maximum atomic E-state index is 10.7. The minimum absolute atomic E-state index is 0.296. The molecule has 4 N–H and O–H groups in total.